The smallest absolute Gasteiger partial charge is 0.398 e. The van der Waals surface area contributed by atoms with Crippen molar-refractivity contribution in [3.63, 3.8) is 0 Å². The zero-order chi connectivity index (χ0) is 17.6. The van der Waals surface area contributed by atoms with E-state index in [0.717, 1.165) is 18.2 Å². The minimum Gasteiger partial charge on any atom is -0.398 e. The number of hydrogen-bond acceptors (Lipinski definition) is 2. The third-order valence-electron chi connectivity index (χ3n) is 4.15. The van der Waals surface area contributed by atoms with Gasteiger partial charge >= 0.3 is 7.12 Å². The summed E-state index contributed by atoms with van der Waals surface area (Å²) in [5, 5.41) is -0.535. The zero-order valence-electron chi connectivity index (χ0n) is 13.1. The van der Waals surface area contributed by atoms with Gasteiger partial charge in [0.25, 0.3) is 6.43 Å². The molecule has 0 saturated carbocycles. The quantitative estimate of drug-likeness (QED) is 0.540. The predicted octanol–water partition coefficient (Wildman–Crippen LogP) is 5.36. The molecule has 1 aromatic carbocycles. The van der Waals surface area contributed by atoms with Crippen molar-refractivity contribution in [2.45, 2.75) is 45.3 Å². The van der Waals surface area contributed by atoms with E-state index in [1.54, 1.807) is 27.7 Å². The van der Waals surface area contributed by atoms with Crippen molar-refractivity contribution in [3.8, 4) is 0 Å². The fraction of sp³-hybridized carbons (Fsp3) is 0.467. The largest absolute Gasteiger partial charge is 0.525 e. The van der Waals surface area contributed by atoms with Crippen LogP contribution >= 0.6 is 11.6 Å². The number of alkyl halides is 2. The Morgan fingerprint density at radius 3 is 2.17 bits per heavy atom. The molecule has 0 spiro atoms. The second kappa shape index (κ2) is 6.11. The van der Waals surface area contributed by atoms with Gasteiger partial charge in [-0.1, -0.05) is 11.6 Å². The Kier molecular flexibility index (Phi) is 4.86. The highest BCUT2D eigenvalue weighted by atomic mass is 35.5. The second-order valence-corrected chi connectivity index (χ2v) is 6.66. The summed E-state index contributed by atoms with van der Waals surface area (Å²) in [4.78, 5) is 0. The fourth-order valence-electron chi connectivity index (χ4n) is 2.05. The van der Waals surface area contributed by atoms with Crippen LogP contribution < -0.4 is 0 Å². The Balaban J connectivity index is 2.38. The number of halogens is 5. The number of hydrogen-bond donors (Lipinski definition) is 0. The second-order valence-electron chi connectivity index (χ2n) is 6.28. The summed E-state index contributed by atoms with van der Waals surface area (Å²) in [7, 11) is -1.36. The molecular formula is C15H16BClF4O2. The van der Waals surface area contributed by atoms with Crippen LogP contribution in [0.15, 0.2) is 17.9 Å². The predicted molar refractivity (Wildman–Crippen MR) is 81.5 cm³/mol. The maximum absolute atomic E-state index is 14.4. The Hall–Kier alpha value is -1.05. The maximum atomic E-state index is 14.4. The Bertz CT molecular complexity index is 631. The molecule has 0 bridgehead atoms. The van der Waals surface area contributed by atoms with Gasteiger partial charge in [0, 0.05) is 11.1 Å². The molecule has 0 aromatic heterocycles. The van der Waals surface area contributed by atoms with E-state index >= 15 is 0 Å². The van der Waals surface area contributed by atoms with E-state index in [2.05, 4.69) is 0 Å². The molecule has 8 heteroatoms. The van der Waals surface area contributed by atoms with Gasteiger partial charge in [0.15, 0.2) is 0 Å². The van der Waals surface area contributed by atoms with Gasteiger partial charge in [-0.3, -0.25) is 0 Å². The molecule has 0 N–H and O–H groups in total. The van der Waals surface area contributed by atoms with Crippen LogP contribution in [0.2, 0.25) is 5.02 Å². The van der Waals surface area contributed by atoms with Gasteiger partial charge in [0.05, 0.1) is 16.2 Å². The lowest BCUT2D eigenvalue weighted by Gasteiger charge is -2.32. The van der Waals surface area contributed by atoms with E-state index in [1.807, 2.05) is 0 Å². The molecule has 126 valence electrons. The summed E-state index contributed by atoms with van der Waals surface area (Å²) in [6, 6.07) is 1.68. The first-order valence-electron chi connectivity index (χ1n) is 6.95. The lowest BCUT2D eigenvalue weighted by molar-refractivity contribution is 0.00578. The van der Waals surface area contributed by atoms with Crippen LogP contribution in [0.3, 0.4) is 0 Å². The van der Waals surface area contributed by atoms with Crippen molar-refractivity contribution < 1.29 is 26.9 Å². The van der Waals surface area contributed by atoms with E-state index < -0.39 is 52.4 Å². The highest BCUT2D eigenvalue weighted by molar-refractivity contribution is 6.54. The van der Waals surface area contributed by atoms with Gasteiger partial charge in [-0.2, -0.15) is 0 Å². The van der Waals surface area contributed by atoms with Crippen molar-refractivity contribution >= 4 is 24.8 Å². The maximum Gasteiger partial charge on any atom is 0.525 e. The molecule has 0 amide bonds. The highest BCUT2D eigenvalue weighted by Crippen LogP contribution is 2.40. The Labute approximate surface area is 137 Å². The standard InChI is InChI=1S/C15H16BClF4O2/c1-14(2)15(3,4)23-16(22-14)11(19)7-9-10(18)6-5-8(12(9)17)13(20)21/h5-7,13H,1-4H3. The van der Waals surface area contributed by atoms with Crippen LogP contribution in [0.5, 0.6) is 0 Å². The lowest BCUT2D eigenvalue weighted by atomic mass is 9.86. The molecule has 0 atom stereocenters. The van der Waals surface area contributed by atoms with Gasteiger partial charge in [0.2, 0.25) is 0 Å². The van der Waals surface area contributed by atoms with E-state index in [0.29, 0.717) is 0 Å². The third kappa shape index (κ3) is 3.41. The van der Waals surface area contributed by atoms with Crippen molar-refractivity contribution in [2.24, 2.45) is 0 Å². The van der Waals surface area contributed by atoms with Crippen molar-refractivity contribution in [1.82, 2.24) is 0 Å². The summed E-state index contributed by atoms with van der Waals surface area (Å²) in [6.45, 7) is 6.91. The Morgan fingerprint density at radius 2 is 1.70 bits per heavy atom. The SMILES string of the molecule is CC1(C)OB(C(F)=Cc2c(F)ccc(C(F)F)c2Cl)OC1(C)C. The molecule has 0 unspecified atom stereocenters. The molecule has 1 aliphatic rings. The van der Waals surface area contributed by atoms with Crippen molar-refractivity contribution in [3.05, 3.63) is 39.8 Å². The van der Waals surface area contributed by atoms with Crippen molar-refractivity contribution in [2.75, 3.05) is 0 Å². The molecular weight excluding hydrogens is 334 g/mol. The molecule has 0 aliphatic carbocycles. The van der Waals surface area contributed by atoms with Crippen LogP contribution in [-0.4, -0.2) is 18.3 Å². The first-order valence-corrected chi connectivity index (χ1v) is 7.33. The normalized spacial score (nSPS) is 20.4. The molecule has 23 heavy (non-hydrogen) atoms. The summed E-state index contributed by atoms with van der Waals surface area (Å²) >= 11 is 5.76. The van der Waals surface area contributed by atoms with Crippen LogP contribution in [-0.2, 0) is 9.31 Å². The molecule has 1 aromatic rings. The van der Waals surface area contributed by atoms with Crippen LogP contribution in [0, 0.1) is 5.82 Å². The van der Waals surface area contributed by atoms with Crippen molar-refractivity contribution in [1.29, 1.82) is 0 Å². The minimum atomic E-state index is -2.89. The summed E-state index contributed by atoms with van der Waals surface area (Å²) in [5.74, 6) is -0.911. The minimum absolute atomic E-state index is 0.461. The van der Waals surface area contributed by atoms with Crippen LogP contribution in [0.1, 0.15) is 45.2 Å². The molecule has 1 saturated heterocycles. The first-order chi connectivity index (χ1) is 10.5. The number of rotatable bonds is 3. The van der Waals surface area contributed by atoms with E-state index in [4.69, 9.17) is 20.9 Å². The molecule has 2 nitrogen and oxygen atoms in total. The van der Waals surface area contributed by atoms with Gasteiger partial charge in [-0.15, -0.1) is 0 Å². The van der Waals surface area contributed by atoms with E-state index in [1.165, 1.54) is 0 Å². The molecule has 1 fully saturated rings. The van der Waals surface area contributed by atoms with Crippen LogP contribution in [0.4, 0.5) is 17.6 Å². The molecule has 1 aliphatic heterocycles. The van der Waals surface area contributed by atoms with Crippen LogP contribution in [0.25, 0.3) is 6.08 Å². The molecule has 0 radical (unpaired) electrons. The number of benzene rings is 1. The monoisotopic (exact) mass is 350 g/mol. The fourth-order valence-corrected chi connectivity index (χ4v) is 2.34. The molecule has 2 rings (SSSR count). The zero-order valence-corrected chi connectivity index (χ0v) is 13.8. The van der Waals surface area contributed by atoms with Gasteiger partial charge in [-0.25, -0.2) is 17.6 Å². The average molecular weight is 351 g/mol. The third-order valence-corrected chi connectivity index (χ3v) is 4.57. The highest BCUT2D eigenvalue weighted by Gasteiger charge is 2.53. The Morgan fingerprint density at radius 1 is 1.17 bits per heavy atom. The topological polar surface area (TPSA) is 18.5 Å². The summed E-state index contributed by atoms with van der Waals surface area (Å²) in [6.07, 6.45) is -2.17. The van der Waals surface area contributed by atoms with Gasteiger partial charge < -0.3 is 9.31 Å². The van der Waals surface area contributed by atoms with Gasteiger partial charge in [0.1, 0.15) is 11.5 Å². The molecule has 1 heterocycles. The van der Waals surface area contributed by atoms with Gasteiger partial charge in [-0.05, 0) is 45.9 Å². The summed E-state index contributed by atoms with van der Waals surface area (Å²) in [5.41, 5.74) is -3.54. The van der Waals surface area contributed by atoms with E-state index in [9.17, 15) is 17.6 Å². The summed E-state index contributed by atoms with van der Waals surface area (Å²) < 4.78 is 64.8. The van der Waals surface area contributed by atoms with E-state index in [-0.39, 0.29) is 0 Å². The lowest BCUT2D eigenvalue weighted by Crippen LogP contribution is -2.41. The first kappa shape index (κ1) is 18.3. The average Bonchev–Trinajstić information content (AvgIpc) is 2.62.